The highest BCUT2D eigenvalue weighted by molar-refractivity contribution is 9.10. The molecular weight excluding hydrogens is 271 g/mol. The highest BCUT2D eigenvalue weighted by Crippen LogP contribution is 2.26. The molecule has 1 aromatic carbocycles. The zero-order chi connectivity index (χ0) is 12.1. The normalized spacial score (nSPS) is 10.8. The van der Waals surface area contributed by atoms with E-state index in [1.807, 2.05) is 0 Å². The lowest BCUT2D eigenvalue weighted by Crippen LogP contribution is -2.06. The van der Waals surface area contributed by atoms with E-state index < -0.39 is 0 Å². The van der Waals surface area contributed by atoms with Crippen molar-refractivity contribution in [3.63, 3.8) is 0 Å². The lowest BCUT2D eigenvalue weighted by Gasteiger charge is -2.11. The third-order valence-electron chi connectivity index (χ3n) is 2.37. The summed E-state index contributed by atoms with van der Waals surface area (Å²) in [5, 5.41) is 3.15. The van der Waals surface area contributed by atoms with E-state index in [0.29, 0.717) is 21.8 Å². The second-order valence-electron chi connectivity index (χ2n) is 4.32. The van der Waals surface area contributed by atoms with Gasteiger partial charge in [-0.3, -0.25) is 0 Å². The minimum atomic E-state index is -0.291. The Labute approximate surface area is 105 Å². The number of anilines is 2. The summed E-state index contributed by atoms with van der Waals surface area (Å²) in [5.41, 5.74) is 7.01. The van der Waals surface area contributed by atoms with Crippen LogP contribution in [-0.2, 0) is 0 Å². The largest absolute Gasteiger partial charge is 0.397 e. The smallest absolute Gasteiger partial charge is 0.139 e. The molecule has 0 amide bonds. The van der Waals surface area contributed by atoms with Crippen LogP contribution in [0.15, 0.2) is 16.6 Å². The summed E-state index contributed by atoms with van der Waals surface area (Å²) in [5.74, 6) is 0.404. The summed E-state index contributed by atoms with van der Waals surface area (Å²) in [6.45, 7) is 5.20. The quantitative estimate of drug-likeness (QED) is 0.634. The van der Waals surface area contributed by atoms with Crippen LogP contribution < -0.4 is 11.1 Å². The first-order valence-corrected chi connectivity index (χ1v) is 6.28. The lowest BCUT2D eigenvalue weighted by atomic mass is 10.1. The standard InChI is InChI=1S/C12H18BrFN2/c1-8(2)4-3-5-16-12-7-10(14)9(13)6-11(12)15/h6-8,16H,3-5,15H2,1-2H3. The molecule has 0 radical (unpaired) electrons. The fourth-order valence-electron chi connectivity index (χ4n) is 1.45. The molecule has 0 spiro atoms. The van der Waals surface area contributed by atoms with Crippen molar-refractivity contribution in [3.8, 4) is 0 Å². The van der Waals surface area contributed by atoms with Crippen LogP contribution in [0.2, 0.25) is 0 Å². The third-order valence-corrected chi connectivity index (χ3v) is 2.97. The predicted octanol–water partition coefficient (Wildman–Crippen LogP) is 4.02. The molecule has 90 valence electrons. The highest BCUT2D eigenvalue weighted by atomic mass is 79.9. The van der Waals surface area contributed by atoms with Gasteiger partial charge in [0.25, 0.3) is 0 Å². The van der Waals surface area contributed by atoms with Gasteiger partial charge in [-0.1, -0.05) is 13.8 Å². The maximum absolute atomic E-state index is 13.3. The molecule has 1 aromatic rings. The Balaban J connectivity index is 2.51. The Hall–Kier alpha value is -0.770. The van der Waals surface area contributed by atoms with Crippen LogP contribution in [0.4, 0.5) is 15.8 Å². The molecule has 0 aliphatic carbocycles. The van der Waals surface area contributed by atoms with E-state index in [9.17, 15) is 4.39 Å². The monoisotopic (exact) mass is 288 g/mol. The van der Waals surface area contributed by atoms with Gasteiger partial charge in [0.15, 0.2) is 0 Å². The lowest BCUT2D eigenvalue weighted by molar-refractivity contribution is 0.567. The topological polar surface area (TPSA) is 38.0 Å². The van der Waals surface area contributed by atoms with E-state index in [2.05, 4.69) is 35.1 Å². The number of hydrogen-bond donors (Lipinski definition) is 2. The van der Waals surface area contributed by atoms with Crippen molar-refractivity contribution in [2.75, 3.05) is 17.6 Å². The SMILES string of the molecule is CC(C)CCCNc1cc(F)c(Br)cc1N. The second-order valence-corrected chi connectivity index (χ2v) is 5.17. The van der Waals surface area contributed by atoms with Gasteiger partial charge in [-0.25, -0.2) is 4.39 Å². The summed E-state index contributed by atoms with van der Waals surface area (Å²) < 4.78 is 13.7. The molecule has 3 N–H and O–H groups in total. The average Bonchev–Trinajstić information content (AvgIpc) is 2.19. The summed E-state index contributed by atoms with van der Waals surface area (Å²) >= 11 is 3.10. The molecule has 0 bridgehead atoms. The Morgan fingerprint density at radius 2 is 2.12 bits per heavy atom. The summed E-state index contributed by atoms with van der Waals surface area (Å²) in [4.78, 5) is 0. The summed E-state index contributed by atoms with van der Waals surface area (Å²) in [6.07, 6.45) is 2.22. The predicted molar refractivity (Wildman–Crippen MR) is 71.1 cm³/mol. The Kier molecular flexibility index (Phi) is 5.06. The minimum absolute atomic E-state index is 0.291. The van der Waals surface area contributed by atoms with Crippen molar-refractivity contribution in [2.24, 2.45) is 5.92 Å². The van der Waals surface area contributed by atoms with E-state index in [0.717, 1.165) is 19.4 Å². The third kappa shape index (κ3) is 4.00. The van der Waals surface area contributed by atoms with E-state index in [-0.39, 0.29) is 5.82 Å². The maximum Gasteiger partial charge on any atom is 0.139 e. The number of rotatable bonds is 5. The van der Waals surface area contributed by atoms with Gasteiger partial charge >= 0.3 is 0 Å². The number of halogens is 2. The summed E-state index contributed by atoms with van der Waals surface area (Å²) in [6, 6.07) is 3.01. The van der Waals surface area contributed by atoms with Crippen LogP contribution in [0.3, 0.4) is 0 Å². The van der Waals surface area contributed by atoms with Gasteiger partial charge in [0, 0.05) is 12.6 Å². The van der Waals surface area contributed by atoms with Crippen molar-refractivity contribution in [1.82, 2.24) is 0 Å². The van der Waals surface area contributed by atoms with Crippen molar-refractivity contribution in [1.29, 1.82) is 0 Å². The summed E-state index contributed by atoms with van der Waals surface area (Å²) in [7, 11) is 0. The number of hydrogen-bond acceptors (Lipinski definition) is 2. The Morgan fingerprint density at radius 1 is 1.44 bits per heavy atom. The van der Waals surface area contributed by atoms with Gasteiger partial charge in [0.1, 0.15) is 5.82 Å². The Bertz CT molecular complexity index is 353. The van der Waals surface area contributed by atoms with Crippen LogP contribution >= 0.6 is 15.9 Å². The molecule has 16 heavy (non-hydrogen) atoms. The molecule has 0 saturated carbocycles. The van der Waals surface area contributed by atoms with Crippen molar-refractivity contribution >= 4 is 27.3 Å². The minimum Gasteiger partial charge on any atom is -0.397 e. The van der Waals surface area contributed by atoms with Crippen molar-refractivity contribution in [3.05, 3.63) is 22.4 Å². The highest BCUT2D eigenvalue weighted by Gasteiger charge is 2.05. The van der Waals surface area contributed by atoms with E-state index in [1.54, 1.807) is 6.07 Å². The van der Waals surface area contributed by atoms with Gasteiger partial charge < -0.3 is 11.1 Å². The van der Waals surface area contributed by atoms with Gasteiger partial charge in [-0.2, -0.15) is 0 Å². The molecule has 0 fully saturated rings. The number of nitrogen functional groups attached to an aromatic ring is 1. The molecule has 0 atom stereocenters. The van der Waals surface area contributed by atoms with Gasteiger partial charge in [0.05, 0.1) is 15.8 Å². The second kappa shape index (κ2) is 6.09. The fraction of sp³-hybridized carbons (Fsp3) is 0.500. The number of nitrogens with one attached hydrogen (secondary N) is 1. The van der Waals surface area contributed by atoms with E-state index in [1.165, 1.54) is 6.07 Å². The number of benzene rings is 1. The van der Waals surface area contributed by atoms with Crippen molar-refractivity contribution in [2.45, 2.75) is 26.7 Å². The molecular formula is C12H18BrFN2. The molecule has 2 nitrogen and oxygen atoms in total. The molecule has 0 aromatic heterocycles. The van der Waals surface area contributed by atoms with Crippen LogP contribution in [0, 0.1) is 11.7 Å². The maximum atomic E-state index is 13.3. The molecule has 0 heterocycles. The van der Waals surface area contributed by atoms with E-state index in [4.69, 9.17) is 5.73 Å². The van der Waals surface area contributed by atoms with Gasteiger partial charge in [-0.05, 0) is 40.8 Å². The van der Waals surface area contributed by atoms with Crippen LogP contribution in [0.5, 0.6) is 0 Å². The Morgan fingerprint density at radius 3 is 2.75 bits per heavy atom. The fourth-order valence-corrected chi connectivity index (χ4v) is 1.81. The van der Waals surface area contributed by atoms with Crippen molar-refractivity contribution < 1.29 is 4.39 Å². The molecule has 0 saturated heterocycles. The van der Waals surface area contributed by atoms with E-state index >= 15 is 0 Å². The first-order valence-electron chi connectivity index (χ1n) is 5.49. The first-order chi connectivity index (χ1) is 7.50. The van der Waals surface area contributed by atoms with Crippen LogP contribution in [-0.4, -0.2) is 6.54 Å². The van der Waals surface area contributed by atoms with Crippen LogP contribution in [0.1, 0.15) is 26.7 Å². The molecule has 0 aliphatic rings. The molecule has 1 rings (SSSR count). The van der Waals surface area contributed by atoms with Gasteiger partial charge in [-0.15, -0.1) is 0 Å². The molecule has 4 heteroatoms. The molecule has 0 aliphatic heterocycles. The molecule has 0 unspecified atom stereocenters. The van der Waals surface area contributed by atoms with Crippen LogP contribution in [0.25, 0.3) is 0 Å². The average molecular weight is 289 g/mol. The first kappa shape index (κ1) is 13.3. The zero-order valence-electron chi connectivity index (χ0n) is 9.69. The zero-order valence-corrected chi connectivity index (χ0v) is 11.3. The van der Waals surface area contributed by atoms with Gasteiger partial charge in [0.2, 0.25) is 0 Å². The number of nitrogens with two attached hydrogens (primary N) is 1.